The molecule has 32 heavy (non-hydrogen) atoms. The molecular formula is C26H36N2O4. The van der Waals surface area contributed by atoms with Crippen LogP contribution >= 0.6 is 0 Å². The first-order chi connectivity index (χ1) is 15.2. The third kappa shape index (κ3) is 5.33. The largest absolute Gasteiger partial charge is 0.454 e. The van der Waals surface area contributed by atoms with Crippen molar-refractivity contribution in [3.8, 4) is 0 Å². The van der Waals surface area contributed by atoms with Crippen LogP contribution < -0.4 is 10.6 Å². The van der Waals surface area contributed by atoms with Crippen LogP contribution in [0.4, 0.5) is 0 Å². The van der Waals surface area contributed by atoms with Crippen LogP contribution in [-0.2, 0) is 19.1 Å². The summed E-state index contributed by atoms with van der Waals surface area (Å²) in [7, 11) is 0. The predicted octanol–water partition coefficient (Wildman–Crippen LogP) is 3.75. The lowest BCUT2D eigenvalue weighted by atomic mass is 9.49. The third-order valence-electron chi connectivity index (χ3n) is 7.90. The summed E-state index contributed by atoms with van der Waals surface area (Å²) >= 11 is 0. The van der Waals surface area contributed by atoms with Crippen LogP contribution in [0.5, 0.6) is 0 Å². The zero-order valence-corrected chi connectivity index (χ0v) is 19.5. The molecule has 4 saturated carbocycles. The van der Waals surface area contributed by atoms with E-state index in [-0.39, 0.29) is 36.4 Å². The molecule has 4 fully saturated rings. The lowest BCUT2D eigenvalue weighted by molar-refractivity contribution is -0.149. The number of aryl methyl sites for hydroxylation is 2. The molecule has 6 nitrogen and oxygen atoms in total. The fraction of sp³-hybridized carbons (Fsp3) is 0.654. The summed E-state index contributed by atoms with van der Waals surface area (Å²) in [6.07, 6.45) is 8.03. The second-order valence-corrected chi connectivity index (χ2v) is 10.7. The molecule has 4 aliphatic carbocycles. The van der Waals surface area contributed by atoms with Gasteiger partial charge < -0.3 is 15.4 Å². The van der Waals surface area contributed by atoms with Gasteiger partial charge in [0.1, 0.15) is 6.54 Å². The molecule has 2 amide bonds. The smallest absolute Gasteiger partial charge is 0.325 e. The van der Waals surface area contributed by atoms with E-state index in [1.807, 2.05) is 39.0 Å². The molecule has 0 radical (unpaired) electrons. The lowest BCUT2D eigenvalue weighted by Crippen LogP contribution is -2.48. The molecule has 0 heterocycles. The molecule has 5 rings (SSSR count). The number of carbonyl (C=O) groups is 3. The maximum atomic E-state index is 12.5. The summed E-state index contributed by atoms with van der Waals surface area (Å²) in [5, 5.41) is 5.56. The van der Waals surface area contributed by atoms with Crippen molar-refractivity contribution < 1.29 is 19.1 Å². The van der Waals surface area contributed by atoms with E-state index in [1.165, 1.54) is 30.4 Å². The number of amides is 2. The standard InChI is InChI=1S/C26H36N2O4/c1-16-4-5-22(6-17(16)2)18(3)28-24(30)15-32-25(31)14-27-23(29)13-26-10-19-7-20(11-26)9-21(8-19)12-26/h4-6,18-21H,7-15H2,1-3H3,(H,27,29)(H,28,30). The highest BCUT2D eigenvalue weighted by atomic mass is 16.5. The number of ether oxygens (including phenoxy) is 1. The molecule has 4 bridgehead atoms. The molecular weight excluding hydrogens is 404 g/mol. The summed E-state index contributed by atoms with van der Waals surface area (Å²) in [6.45, 7) is 5.44. The minimum atomic E-state index is -0.585. The van der Waals surface area contributed by atoms with Crippen LogP contribution in [0.15, 0.2) is 18.2 Å². The maximum Gasteiger partial charge on any atom is 0.325 e. The van der Waals surface area contributed by atoms with Gasteiger partial charge in [-0.1, -0.05) is 18.2 Å². The molecule has 1 unspecified atom stereocenters. The van der Waals surface area contributed by atoms with Gasteiger partial charge in [0.15, 0.2) is 6.61 Å². The second kappa shape index (κ2) is 9.24. The monoisotopic (exact) mass is 440 g/mol. The summed E-state index contributed by atoms with van der Waals surface area (Å²) in [5.41, 5.74) is 3.52. The molecule has 1 atom stereocenters. The van der Waals surface area contributed by atoms with E-state index in [1.54, 1.807) is 0 Å². The van der Waals surface area contributed by atoms with Gasteiger partial charge in [0.25, 0.3) is 5.91 Å². The molecule has 174 valence electrons. The average Bonchev–Trinajstić information content (AvgIpc) is 2.71. The van der Waals surface area contributed by atoms with Crippen molar-refractivity contribution in [1.82, 2.24) is 10.6 Å². The Kier molecular flexibility index (Phi) is 6.59. The average molecular weight is 441 g/mol. The number of hydrogen-bond donors (Lipinski definition) is 2. The number of benzene rings is 1. The van der Waals surface area contributed by atoms with Crippen molar-refractivity contribution in [1.29, 1.82) is 0 Å². The summed E-state index contributed by atoms with van der Waals surface area (Å²) < 4.78 is 5.06. The van der Waals surface area contributed by atoms with Crippen LogP contribution in [0, 0.1) is 37.0 Å². The first-order valence-corrected chi connectivity index (χ1v) is 12.0. The van der Waals surface area contributed by atoms with Gasteiger partial charge >= 0.3 is 5.97 Å². The van der Waals surface area contributed by atoms with Crippen molar-refractivity contribution in [2.75, 3.05) is 13.2 Å². The minimum absolute atomic E-state index is 0.0725. The SMILES string of the molecule is Cc1ccc(C(C)NC(=O)COC(=O)CNC(=O)CC23CC4CC(CC(C4)C2)C3)cc1C. The predicted molar refractivity (Wildman–Crippen MR) is 122 cm³/mol. The molecule has 2 N–H and O–H groups in total. The zero-order chi connectivity index (χ0) is 22.9. The Hall–Kier alpha value is -2.37. The van der Waals surface area contributed by atoms with Gasteiger partial charge in [0.05, 0.1) is 6.04 Å². The molecule has 0 saturated heterocycles. The molecule has 1 aromatic carbocycles. The molecule has 0 aromatic heterocycles. The molecule has 4 aliphatic rings. The minimum Gasteiger partial charge on any atom is -0.454 e. The number of nitrogens with one attached hydrogen (secondary N) is 2. The summed E-state index contributed by atoms with van der Waals surface area (Å²) in [6, 6.07) is 5.88. The van der Waals surface area contributed by atoms with Gasteiger partial charge in [0.2, 0.25) is 5.91 Å². The van der Waals surface area contributed by atoms with Crippen LogP contribution in [0.25, 0.3) is 0 Å². The van der Waals surface area contributed by atoms with E-state index in [9.17, 15) is 14.4 Å². The highest BCUT2D eigenvalue weighted by molar-refractivity contribution is 5.84. The number of rotatable bonds is 8. The van der Waals surface area contributed by atoms with Crippen molar-refractivity contribution in [3.63, 3.8) is 0 Å². The third-order valence-corrected chi connectivity index (χ3v) is 7.90. The fourth-order valence-electron chi connectivity index (χ4n) is 6.68. The first-order valence-electron chi connectivity index (χ1n) is 12.0. The Morgan fingerprint density at radius 2 is 1.62 bits per heavy atom. The van der Waals surface area contributed by atoms with Crippen LogP contribution in [0.1, 0.15) is 74.6 Å². The van der Waals surface area contributed by atoms with E-state index in [0.717, 1.165) is 42.6 Å². The number of hydrogen-bond acceptors (Lipinski definition) is 4. The summed E-state index contributed by atoms with van der Waals surface area (Å²) in [4.78, 5) is 36.7. The quantitative estimate of drug-likeness (QED) is 0.603. The first kappa shape index (κ1) is 22.8. The topological polar surface area (TPSA) is 84.5 Å². The number of carbonyl (C=O) groups excluding carboxylic acids is 3. The Morgan fingerprint density at radius 1 is 1.00 bits per heavy atom. The van der Waals surface area contributed by atoms with Gasteiger partial charge in [-0.25, -0.2) is 0 Å². The van der Waals surface area contributed by atoms with E-state index in [4.69, 9.17) is 4.74 Å². The summed E-state index contributed by atoms with van der Waals surface area (Å²) in [5.74, 6) is 1.37. The Bertz CT molecular complexity index is 859. The second-order valence-electron chi connectivity index (χ2n) is 10.7. The maximum absolute atomic E-state index is 12.5. The molecule has 6 heteroatoms. The van der Waals surface area contributed by atoms with Crippen LogP contribution in [0.3, 0.4) is 0 Å². The number of esters is 1. The van der Waals surface area contributed by atoms with Crippen molar-refractivity contribution in [3.05, 3.63) is 34.9 Å². The fourth-order valence-corrected chi connectivity index (χ4v) is 6.68. The van der Waals surface area contributed by atoms with Crippen molar-refractivity contribution in [2.45, 2.75) is 71.8 Å². The van der Waals surface area contributed by atoms with Crippen molar-refractivity contribution >= 4 is 17.8 Å². The van der Waals surface area contributed by atoms with E-state index in [2.05, 4.69) is 10.6 Å². The Labute approximate surface area is 190 Å². The van der Waals surface area contributed by atoms with Gasteiger partial charge in [0, 0.05) is 6.42 Å². The Morgan fingerprint density at radius 3 is 2.22 bits per heavy atom. The normalized spacial score (nSPS) is 28.8. The molecule has 1 aromatic rings. The van der Waals surface area contributed by atoms with Gasteiger partial charge in [-0.3, -0.25) is 14.4 Å². The van der Waals surface area contributed by atoms with Crippen molar-refractivity contribution in [2.24, 2.45) is 23.2 Å². The molecule has 0 spiro atoms. The van der Waals surface area contributed by atoms with Gasteiger partial charge in [-0.05, 0) is 99.2 Å². The van der Waals surface area contributed by atoms with Gasteiger partial charge in [-0.15, -0.1) is 0 Å². The van der Waals surface area contributed by atoms with E-state index >= 15 is 0 Å². The lowest BCUT2D eigenvalue weighted by Gasteiger charge is -2.56. The zero-order valence-electron chi connectivity index (χ0n) is 19.5. The molecule has 0 aliphatic heterocycles. The van der Waals surface area contributed by atoms with Gasteiger partial charge in [-0.2, -0.15) is 0 Å². The van der Waals surface area contributed by atoms with Crippen LogP contribution in [0.2, 0.25) is 0 Å². The van der Waals surface area contributed by atoms with E-state index in [0.29, 0.717) is 6.42 Å². The van der Waals surface area contributed by atoms with E-state index < -0.39 is 5.97 Å². The highest BCUT2D eigenvalue weighted by Gasteiger charge is 2.51. The van der Waals surface area contributed by atoms with Crippen LogP contribution in [-0.4, -0.2) is 30.9 Å². The Balaban J connectivity index is 1.16. The highest BCUT2D eigenvalue weighted by Crippen LogP contribution is 2.61.